The van der Waals surface area contributed by atoms with E-state index in [1.54, 1.807) is 6.92 Å². The van der Waals surface area contributed by atoms with E-state index in [2.05, 4.69) is 20.9 Å². The number of hydrogen-bond donors (Lipinski definition) is 0. The Labute approximate surface area is 157 Å². The molecule has 7 heteroatoms. The summed E-state index contributed by atoms with van der Waals surface area (Å²) in [5, 5.41) is 0. The molecule has 3 rings (SSSR count). The van der Waals surface area contributed by atoms with Crippen molar-refractivity contribution in [1.82, 2.24) is 9.55 Å². The maximum atomic E-state index is 13.7. The highest BCUT2D eigenvalue weighted by atomic mass is 79.9. The molecule has 0 saturated heterocycles. The normalized spacial score (nSPS) is 10.9. The lowest BCUT2D eigenvalue weighted by molar-refractivity contribution is -0.143. The molecule has 0 N–H and O–H groups in total. The Bertz CT molecular complexity index is 1020. The standard InChI is InChI=1S/C19H16BrFN2O3/c1-2-26-18(24)11-23-17-10-14(21)7-8-15(17)22-16(19(23)25)9-12-3-5-13(20)6-4-12/h3-8,10H,2,9,11H2,1H3. The highest BCUT2D eigenvalue weighted by Gasteiger charge is 2.15. The largest absolute Gasteiger partial charge is 0.465 e. The summed E-state index contributed by atoms with van der Waals surface area (Å²) in [5.74, 6) is -1.06. The Morgan fingerprint density at radius 1 is 1.23 bits per heavy atom. The number of benzene rings is 2. The lowest BCUT2D eigenvalue weighted by Gasteiger charge is -2.12. The van der Waals surface area contributed by atoms with Crippen molar-refractivity contribution >= 4 is 32.9 Å². The first kappa shape index (κ1) is 18.3. The van der Waals surface area contributed by atoms with Crippen LogP contribution in [0.3, 0.4) is 0 Å². The van der Waals surface area contributed by atoms with Gasteiger partial charge < -0.3 is 4.74 Å². The second-order valence-electron chi connectivity index (χ2n) is 5.69. The van der Waals surface area contributed by atoms with E-state index < -0.39 is 17.3 Å². The molecule has 2 aromatic carbocycles. The van der Waals surface area contributed by atoms with Crippen molar-refractivity contribution in [2.45, 2.75) is 19.9 Å². The Morgan fingerprint density at radius 2 is 1.96 bits per heavy atom. The van der Waals surface area contributed by atoms with Crippen LogP contribution in [0, 0.1) is 5.82 Å². The number of aromatic nitrogens is 2. The van der Waals surface area contributed by atoms with Gasteiger partial charge in [-0.15, -0.1) is 0 Å². The van der Waals surface area contributed by atoms with Crippen molar-refractivity contribution in [2.75, 3.05) is 6.61 Å². The molecule has 0 aliphatic heterocycles. The number of halogens is 2. The van der Waals surface area contributed by atoms with E-state index in [1.807, 2.05) is 24.3 Å². The highest BCUT2D eigenvalue weighted by Crippen LogP contribution is 2.16. The van der Waals surface area contributed by atoms with E-state index in [-0.39, 0.29) is 24.4 Å². The summed E-state index contributed by atoms with van der Waals surface area (Å²) >= 11 is 3.37. The molecule has 0 amide bonds. The van der Waals surface area contributed by atoms with Crippen molar-refractivity contribution < 1.29 is 13.9 Å². The van der Waals surface area contributed by atoms with Gasteiger partial charge in [0.05, 0.1) is 17.6 Å². The Kier molecular flexibility index (Phi) is 5.46. The number of fused-ring (bicyclic) bond motifs is 1. The van der Waals surface area contributed by atoms with Gasteiger partial charge in [0.2, 0.25) is 0 Å². The van der Waals surface area contributed by atoms with Gasteiger partial charge in [-0.25, -0.2) is 9.37 Å². The number of rotatable bonds is 5. The third kappa shape index (κ3) is 3.99. The Morgan fingerprint density at radius 3 is 2.65 bits per heavy atom. The predicted molar refractivity (Wildman–Crippen MR) is 99.5 cm³/mol. The van der Waals surface area contributed by atoms with E-state index in [4.69, 9.17) is 4.74 Å². The van der Waals surface area contributed by atoms with Crippen LogP contribution in [-0.2, 0) is 22.5 Å². The van der Waals surface area contributed by atoms with E-state index in [1.165, 1.54) is 22.8 Å². The summed E-state index contributed by atoms with van der Waals surface area (Å²) in [7, 11) is 0. The van der Waals surface area contributed by atoms with Crippen LogP contribution in [0.4, 0.5) is 4.39 Å². The van der Waals surface area contributed by atoms with Gasteiger partial charge in [0.1, 0.15) is 18.1 Å². The van der Waals surface area contributed by atoms with Gasteiger partial charge in [-0.3, -0.25) is 14.2 Å². The minimum absolute atomic E-state index is 0.205. The van der Waals surface area contributed by atoms with Crippen LogP contribution < -0.4 is 5.56 Å². The maximum Gasteiger partial charge on any atom is 0.326 e. The molecule has 134 valence electrons. The van der Waals surface area contributed by atoms with Crippen LogP contribution in [0.15, 0.2) is 51.7 Å². The van der Waals surface area contributed by atoms with Crippen molar-refractivity contribution in [1.29, 1.82) is 0 Å². The van der Waals surface area contributed by atoms with Crippen molar-refractivity contribution in [3.8, 4) is 0 Å². The van der Waals surface area contributed by atoms with Crippen LogP contribution in [-0.4, -0.2) is 22.1 Å². The van der Waals surface area contributed by atoms with Crippen molar-refractivity contribution in [2.24, 2.45) is 0 Å². The summed E-state index contributed by atoms with van der Waals surface area (Å²) in [5.41, 5.74) is 1.47. The zero-order valence-electron chi connectivity index (χ0n) is 14.0. The van der Waals surface area contributed by atoms with Gasteiger partial charge >= 0.3 is 5.97 Å². The number of carbonyl (C=O) groups excluding carboxylic acids is 1. The average molecular weight is 419 g/mol. The molecule has 26 heavy (non-hydrogen) atoms. The molecule has 0 radical (unpaired) electrons. The van der Waals surface area contributed by atoms with Gasteiger partial charge in [0, 0.05) is 10.9 Å². The summed E-state index contributed by atoms with van der Waals surface area (Å²) in [6, 6.07) is 11.5. The van der Waals surface area contributed by atoms with Gasteiger partial charge in [-0.2, -0.15) is 0 Å². The first-order valence-electron chi connectivity index (χ1n) is 8.07. The SMILES string of the molecule is CCOC(=O)Cn1c(=O)c(Cc2ccc(Br)cc2)nc2ccc(F)cc21. The van der Waals surface area contributed by atoms with Crippen molar-refractivity contribution in [3.05, 3.63) is 74.4 Å². The molecule has 0 atom stereocenters. The molecule has 1 heterocycles. The maximum absolute atomic E-state index is 13.7. The molecule has 3 aromatic rings. The molecule has 0 fully saturated rings. The fourth-order valence-electron chi connectivity index (χ4n) is 2.67. The summed E-state index contributed by atoms with van der Waals surface area (Å²) in [6.45, 7) is 1.60. The highest BCUT2D eigenvalue weighted by molar-refractivity contribution is 9.10. The van der Waals surface area contributed by atoms with Gasteiger partial charge in [0.25, 0.3) is 5.56 Å². The summed E-state index contributed by atoms with van der Waals surface area (Å²) in [4.78, 5) is 29.1. The minimum atomic E-state index is -0.555. The number of carbonyl (C=O) groups is 1. The topological polar surface area (TPSA) is 61.2 Å². The quantitative estimate of drug-likeness (QED) is 0.595. The van der Waals surface area contributed by atoms with Gasteiger partial charge in [-0.1, -0.05) is 28.1 Å². The number of ether oxygens (including phenoxy) is 1. The molecular formula is C19H16BrFN2O3. The molecular weight excluding hydrogens is 403 g/mol. The van der Waals surface area contributed by atoms with Crippen LogP contribution >= 0.6 is 15.9 Å². The Balaban J connectivity index is 2.10. The number of nitrogens with zero attached hydrogens (tertiary/aromatic N) is 2. The van der Waals surface area contributed by atoms with Gasteiger partial charge in [-0.05, 0) is 42.8 Å². The first-order chi connectivity index (χ1) is 12.5. The molecule has 0 unspecified atom stereocenters. The van der Waals surface area contributed by atoms with Crippen LogP contribution in [0.2, 0.25) is 0 Å². The van der Waals surface area contributed by atoms with Gasteiger partial charge in [0.15, 0.2) is 0 Å². The third-order valence-electron chi connectivity index (χ3n) is 3.85. The second-order valence-corrected chi connectivity index (χ2v) is 6.61. The lowest BCUT2D eigenvalue weighted by atomic mass is 10.1. The minimum Gasteiger partial charge on any atom is -0.465 e. The molecule has 0 spiro atoms. The molecule has 0 aliphatic carbocycles. The zero-order chi connectivity index (χ0) is 18.7. The lowest BCUT2D eigenvalue weighted by Crippen LogP contribution is -2.29. The van der Waals surface area contributed by atoms with E-state index in [0.29, 0.717) is 11.9 Å². The molecule has 0 aliphatic rings. The summed E-state index contributed by atoms with van der Waals surface area (Å²) in [6.07, 6.45) is 0.308. The predicted octanol–water partition coefficient (Wildman–Crippen LogP) is 3.45. The second kappa shape index (κ2) is 7.78. The zero-order valence-corrected chi connectivity index (χ0v) is 15.6. The fraction of sp³-hybridized carbons (Fsp3) is 0.211. The van der Waals surface area contributed by atoms with E-state index in [0.717, 1.165) is 10.0 Å². The molecule has 0 bridgehead atoms. The monoisotopic (exact) mass is 418 g/mol. The van der Waals surface area contributed by atoms with E-state index in [9.17, 15) is 14.0 Å². The third-order valence-corrected chi connectivity index (χ3v) is 4.38. The first-order valence-corrected chi connectivity index (χ1v) is 8.86. The smallest absolute Gasteiger partial charge is 0.326 e. The summed E-state index contributed by atoms with van der Waals surface area (Å²) < 4.78 is 20.7. The van der Waals surface area contributed by atoms with Crippen LogP contribution in [0.1, 0.15) is 18.2 Å². The number of hydrogen-bond acceptors (Lipinski definition) is 4. The van der Waals surface area contributed by atoms with E-state index >= 15 is 0 Å². The van der Waals surface area contributed by atoms with Crippen LogP contribution in [0.25, 0.3) is 11.0 Å². The fourth-order valence-corrected chi connectivity index (χ4v) is 2.93. The van der Waals surface area contributed by atoms with Crippen LogP contribution in [0.5, 0.6) is 0 Å². The molecule has 1 aromatic heterocycles. The molecule has 0 saturated carbocycles. The van der Waals surface area contributed by atoms with Crippen molar-refractivity contribution in [3.63, 3.8) is 0 Å². The average Bonchev–Trinajstić information content (AvgIpc) is 2.61. The number of esters is 1. The Hall–Kier alpha value is -2.54. The molecule has 5 nitrogen and oxygen atoms in total.